The largest absolute Gasteiger partial charge is 0.352 e. The molecule has 3 rings (SSSR count). The minimum atomic E-state index is -0.133. The van der Waals surface area contributed by atoms with Gasteiger partial charge in [0.25, 0.3) is 5.56 Å². The molecule has 2 heterocycles. The fraction of sp³-hybridized carbons (Fsp3) is 0.462. The van der Waals surface area contributed by atoms with Crippen LogP contribution in [0.4, 0.5) is 0 Å². The van der Waals surface area contributed by atoms with Crippen LogP contribution in [0.5, 0.6) is 0 Å². The van der Waals surface area contributed by atoms with Crippen LogP contribution >= 0.6 is 11.3 Å². The molecule has 1 fully saturated rings. The molecule has 0 saturated heterocycles. The quantitative estimate of drug-likeness (QED) is 0.916. The van der Waals surface area contributed by atoms with E-state index >= 15 is 0 Å². The van der Waals surface area contributed by atoms with Crippen LogP contribution in [-0.2, 0) is 17.8 Å². The van der Waals surface area contributed by atoms with Crippen LogP contribution in [0, 0.1) is 0 Å². The summed E-state index contributed by atoms with van der Waals surface area (Å²) in [7, 11) is 0. The third kappa shape index (κ3) is 2.53. The number of nitrogens with zero attached hydrogens (tertiary/aromatic N) is 2. The van der Waals surface area contributed by atoms with Gasteiger partial charge in [-0.1, -0.05) is 6.92 Å². The van der Waals surface area contributed by atoms with Crippen molar-refractivity contribution in [2.75, 3.05) is 0 Å². The first-order valence-corrected chi connectivity index (χ1v) is 7.26. The molecule has 1 saturated carbocycles. The van der Waals surface area contributed by atoms with E-state index in [1.165, 1.54) is 22.2 Å². The molecule has 5 nitrogen and oxygen atoms in total. The number of nitrogens with one attached hydrogen (secondary N) is 1. The lowest BCUT2D eigenvalue weighted by Crippen LogP contribution is -2.33. The summed E-state index contributed by atoms with van der Waals surface area (Å²) < 4.78 is 1.38. The monoisotopic (exact) mass is 277 g/mol. The topological polar surface area (TPSA) is 64.0 Å². The lowest BCUT2D eigenvalue weighted by molar-refractivity contribution is -0.121. The van der Waals surface area contributed by atoms with E-state index in [9.17, 15) is 9.59 Å². The first-order valence-electron chi connectivity index (χ1n) is 6.44. The fourth-order valence-electron chi connectivity index (χ4n) is 1.95. The Bertz CT molecular complexity index is 685. The second-order valence-electron chi connectivity index (χ2n) is 4.80. The number of fused-ring (bicyclic) bond motifs is 1. The Labute approximate surface area is 114 Å². The highest BCUT2D eigenvalue weighted by Crippen LogP contribution is 2.21. The van der Waals surface area contributed by atoms with Crippen molar-refractivity contribution in [3.8, 4) is 0 Å². The van der Waals surface area contributed by atoms with Crippen LogP contribution in [0.2, 0.25) is 0 Å². The first kappa shape index (κ1) is 12.3. The van der Waals surface area contributed by atoms with Crippen LogP contribution < -0.4 is 10.9 Å². The van der Waals surface area contributed by atoms with E-state index in [0.717, 1.165) is 29.0 Å². The molecule has 1 amide bonds. The predicted octanol–water partition coefficient (Wildman–Crippen LogP) is 1.30. The van der Waals surface area contributed by atoms with Crippen LogP contribution in [0.15, 0.2) is 17.2 Å². The van der Waals surface area contributed by atoms with Crippen LogP contribution in [-0.4, -0.2) is 21.5 Å². The van der Waals surface area contributed by atoms with E-state index in [4.69, 9.17) is 0 Å². The number of amides is 1. The van der Waals surface area contributed by atoms with E-state index in [2.05, 4.69) is 10.3 Å². The van der Waals surface area contributed by atoms with Gasteiger partial charge in [0.15, 0.2) is 0 Å². The first-order chi connectivity index (χ1) is 9.17. The molecule has 0 aliphatic heterocycles. The molecule has 0 unspecified atom stereocenters. The van der Waals surface area contributed by atoms with E-state index in [1.54, 1.807) is 0 Å². The van der Waals surface area contributed by atoms with Gasteiger partial charge in [-0.3, -0.25) is 14.2 Å². The van der Waals surface area contributed by atoms with Crippen LogP contribution in [0.3, 0.4) is 0 Å². The van der Waals surface area contributed by atoms with Gasteiger partial charge < -0.3 is 5.32 Å². The Morgan fingerprint density at radius 2 is 2.37 bits per heavy atom. The number of aromatic nitrogens is 2. The second kappa shape index (κ2) is 4.77. The lowest BCUT2D eigenvalue weighted by Gasteiger charge is -2.05. The summed E-state index contributed by atoms with van der Waals surface area (Å²) in [4.78, 5) is 30.1. The van der Waals surface area contributed by atoms with Gasteiger partial charge in [-0.2, -0.15) is 0 Å². The molecule has 0 atom stereocenters. The standard InChI is InChI=1S/C13H15N3O2S/c1-2-9-5-10-12(19-9)14-7-16(13(10)18)6-11(17)15-8-3-4-8/h5,7-8H,2-4,6H2,1H3,(H,15,17). The van der Waals surface area contributed by atoms with Crippen molar-refractivity contribution in [3.63, 3.8) is 0 Å². The Kier molecular flexibility index (Phi) is 3.10. The summed E-state index contributed by atoms with van der Waals surface area (Å²) >= 11 is 1.53. The fourth-order valence-corrected chi connectivity index (χ4v) is 2.88. The van der Waals surface area contributed by atoms with Crippen LogP contribution in [0.1, 0.15) is 24.6 Å². The summed E-state index contributed by atoms with van der Waals surface area (Å²) in [5, 5.41) is 3.48. The lowest BCUT2D eigenvalue weighted by atomic mass is 10.3. The zero-order valence-corrected chi connectivity index (χ0v) is 11.5. The molecule has 1 aliphatic carbocycles. The zero-order chi connectivity index (χ0) is 13.4. The summed E-state index contributed by atoms with van der Waals surface area (Å²) in [5.74, 6) is -0.114. The van der Waals surface area contributed by atoms with Crippen molar-refractivity contribution < 1.29 is 4.79 Å². The van der Waals surface area contributed by atoms with E-state index in [1.807, 2.05) is 13.0 Å². The predicted molar refractivity (Wildman–Crippen MR) is 74.4 cm³/mol. The smallest absolute Gasteiger partial charge is 0.262 e. The van der Waals surface area contributed by atoms with Gasteiger partial charge in [0, 0.05) is 10.9 Å². The molecule has 2 aromatic rings. The zero-order valence-electron chi connectivity index (χ0n) is 10.7. The summed E-state index contributed by atoms with van der Waals surface area (Å²) in [5.41, 5.74) is -0.133. The summed E-state index contributed by atoms with van der Waals surface area (Å²) in [6.45, 7) is 2.10. The van der Waals surface area contributed by atoms with Crippen molar-refractivity contribution in [2.24, 2.45) is 0 Å². The molecule has 19 heavy (non-hydrogen) atoms. The number of carbonyl (C=O) groups is 1. The second-order valence-corrected chi connectivity index (χ2v) is 5.92. The number of hydrogen-bond donors (Lipinski definition) is 1. The van der Waals surface area contributed by atoms with Gasteiger partial charge in [0.2, 0.25) is 5.91 Å². The molecule has 0 bridgehead atoms. The van der Waals surface area contributed by atoms with Gasteiger partial charge in [0.05, 0.1) is 11.7 Å². The molecular weight excluding hydrogens is 262 g/mol. The average molecular weight is 277 g/mol. The van der Waals surface area contributed by atoms with Gasteiger partial charge in [-0.25, -0.2) is 4.98 Å². The number of thiophene rings is 1. The summed E-state index contributed by atoms with van der Waals surface area (Å²) in [6.07, 6.45) is 4.44. The van der Waals surface area contributed by atoms with Gasteiger partial charge >= 0.3 is 0 Å². The minimum absolute atomic E-state index is 0.0512. The highest BCUT2D eigenvalue weighted by Gasteiger charge is 2.23. The highest BCUT2D eigenvalue weighted by atomic mass is 32.1. The van der Waals surface area contributed by atoms with Crippen LogP contribution in [0.25, 0.3) is 10.2 Å². The molecule has 1 N–H and O–H groups in total. The maximum Gasteiger partial charge on any atom is 0.262 e. The summed E-state index contributed by atoms with van der Waals surface area (Å²) in [6, 6.07) is 2.19. The average Bonchev–Trinajstić information content (AvgIpc) is 3.08. The molecular formula is C13H15N3O2S. The van der Waals surface area contributed by atoms with E-state index < -0.39 is 0 Å². The van der Waals surface area contributed by atoms with Gasteiger partial charge in [-0.05, 0) is 25.3 Å². The van der Waals surface area contributed by atoms with E-state index in [0.29, 0.717) is 11.4 Å². The van der Waals surface area contributed by atoms with Crippen molar-refractivity contribution in [3.05, 3.63) is 27.6 Å². The number of aryl methyl sites for hydroxylation is 1. The van der Waals surface area contributed by atoms with Crippen molar-refractivity contribution >= 4 is 27.5 Å². The molecule has 100 valence electrons. The Morgan fingerprint density at radius 3 is 3.05 bits per heavy atom. The maximum atomic E-state index is 12.2. The molecule has 2 aromatic heterocycles. The Hall–Kier alpha value is -1.69. The molecule has 6 heteroatoms. The molecule has 1 aliphatic rings. The van der Waals surface area contributed by atoms with Gasteiger partial charge in [-0.15, -0.1) is 11.3 Å². The Balaban J connectivity index is 1.88. The van der Waals surface area contributed by atoms with Crippen molar-refractivity contribution in [1.29, 1.82) is 0 Å². The Morgan fingerprint density at radius 1 is 1.58 bits per heavy atom. The van der Waals surface area contributed by atoms with Crippen molar-refractivity contribution in [1.82, 2.24) is 14.9 Å². The number of rotatable bonds is 4. The SMILES string of the molecule is CCc1cc2c(=O)n(CC(=O)NC3CC3)cnc2s1. The third-order valence-corrected chi connectivity index (χ3v) is 4.36. The number of hydrogen-bond acceptors (Lipinski definition) is 4. The number of carbonyl (C=O) groups excluding carboxylic acids is 1. The van der Waals surface area contributed by atoms with Crippen molar-refractivity contribution in [2.45, 2.75) is 38.8 Å². The van der Waals surface area contributed by atoms with E-state index in [-0.39, 0.29) is 18.0 Å². The maximum absolute atomic E-state index is 12.2. The third-order valence-electron chi connectivity index (χ3n) is 3.17. The normalized spacial score (nSPS) is 14.8. The molecule has 0 aromatic carbocycles. The molecule has 0 radical (unpaired) electrons. The highest BCUT2D eigenvalue weighted by molar-refractivity contribution is 7.18. The molecule has 0 spiro atoms. The van der Waals surface area contributed by atoms with Gasteiger partial charge in [0.1, 0.15) is 11.4 Å². The minimum Gasteiger partial charge on any atom is -0.352 e.